The summed E-state index contributed by atoms with van der Waals surface area (Å²) in [4.78, 5) is 1.12. The lowest BCUT2D eigenvalue weighted by molar-refractivity contribution is -0.147. The number of nitrogens with zero attached hydrogens (tertiary/aromatic N) is 3. The fourth-order valence-electron chi connectivity index (χ4n) is 1.41. The number of anilines is 1. The van der Waals surface area contributed by atoms with E-state index in [1.807, 2.05) is 0 Å². The minimum absolute atomic E-state index is 0.0176. The molecule has 0 radical (unpaired) electrons. The molecule has 1 aromatic rings. The molecule has 3 N–H and O–H groups in total. The van der Waals surface area contributed by atoms with Crippen LogP contribution in [0.4, 0.5) is 18.9 Å². The van der Waals surface area contributed by atoms with Crippen molar-refractivity contribution < 1.29 is 18.3 Å². The summed E-state index contributed by atoms with van der Waals surface area (Å²) in [7, 11) is 0. The van der Waals surface area contributed by atoms with Gasteiger partial charge in [0.25, 0.3) is 0 Å². The first-order valence-electron chi connectivity index (χ1n) is 5.08. The molecule has 98 valence electrons. The van der Waals surface area contributed by atoms with Crippen LogP contribution in [-0.4, -0.2) is 52.2 Å². The van der Waals surface area contributed by atoms with Crippen molar-refractivity contribution in [3.8, 4) is 0 Å². The Kier molecular flexibility index (Phi) is 4.76. The molecule has 0 spiro atoms. The van der Waals surface area contributed by atoms with Crippen LogP contribution in [0, 0.1) is 0 Å². The summed E-state index contributed by atoms with van der Waals surface area (Å²) in [5, 5.41) is 12.5. The monoisotopic (exact) mass is 252 g/mol. The minimum Gasteiger partial charge on any atom is -0.396 e. The lowest BCUT2D eigenvalue weighted by Crippen LogP contribution is -2.38. The van der Waals surface area contributed by atoms with Crippen molar-refractivity contribution in [3.05, 3.63) is 12.4 Å². The van der Waals surface area contributed by atoms with E-state index in [9.17, 15) is 13.2 Å². The minimum atomic E-state index is -4.27. The lowest BCUT2D eigenvalue weighted by Gasteiger charge is -2.22. The molecular formula is C9H15F3N4O. The maximum absolute atomic E-state index is 12.2. The number of nitrogens with two attached hydrogens (primary N) is 1. The Bertz CT molecular complexity index is 339. The molecular weight excluding hydrogens is 237 g/mol. The Morgan fingerprint density at radius 1 is 1.41 bits per heavy atom. The van der Waals surface area contributed by atoms with Gasteiger partial charge >= 0.3 is 6.18 Å². The van der Waals surface area contributed by atoms with Gasteiger partial charge in [-0.2, -0.15) is 18.3 Å². The second-order valence-corrected chi connectivity index (χ2v) is 3.65. The van der Waals surface area contributed by atoms with Crippen LogP contribution in [0.1, 0.15) is 0 Å². The summed E-state index contributed by atoms with van der Waals surface area (Å²) in [5.74, 6) is 0. The molecule has 0 aliphatic heterocycles. The van der Waals surface area contributed by atoms with Gasteiger partial charge in [0.05, 0.1) is 31.6 Å². The van der Waals surface area contributed by atoms with Gasteiger partial charge in [-0.25, -0.2) is 0 Å². The van der Waals surface area contributed by atoms with Gasteiger partial charge in [-0.3, -0.25) is 9.58 Å². The van der Waals surface area contributed by atoms with Crippen molar-refractivity contribution in [1.82, 2.24) is 14.7 Å². The van der Waals surface area contributed by atoms with Crippen LogP contribution < -0.4 is 5.73 Å². The smallest absolute Gasteiger partial charge is 0.396 e. The summed E-state index contributed by atoms with van der Waals surface area (Å²) in [6.45, 7) is -0.910. The Morgan fingerprint density at radius 2 is 2.12 bits per heavy atom. The average Bonchev–Trinajstić information content (AvgIpc) is 2.59. The molecule has 0 fully saturated rings. The number of hydrogen-bond acceptors (Lipinski definition) is 4. The topological polar surface area (TPSA) is 67.3 Å². The molecule has 8 heteroatoms. The number of nitrogen functional groups attached to an aromatic ring is 1. The number of halogens is 3. The fraction of sp³-hybridized carbons (Fsp3) is 0.667. The van der Waals surface area contributed by atoms with Crippen LogP contribution >= 0.6 is 0 Å². The van der Waals surface area contributed by atoms with Gasteiger partial charge in [0, 0.05) is 19.3 Å². The number of aliphatic hydroxyl groups is 1. The van der Waals surface area contributed by atoms with Crippen LogP contribution in [0.3, 0.4) is 0 Å². The SMILES string of the molecule is Nc1cnn(CCN(CCO)CC(F)(F)F)c1. The number of hydrogen-bond donors (Lipinski definition) is 2. The number of aliphatic hydroxyl groups excluding tert-OH is 1. The quantitative estimate of drug-likeness (QED) is 0.765. The average molecular weight is 252 g/mol. The van der Waals surface area contributed by atoms with Gasteiger partial charge < -0.3 is 10.8 Å². The van der Waals surface area contributed by atoms with Crippen molar-refractivity contribution in [2.75, 3.05) is 32.0 Å². The molecule has 0 unspecified atom stereocenters. The molecule has 5 nitrogen and oxygen atoms in total. The first-order chi connectivity index (χ1) is 7.90. The van der Waals surface area contributed by atoms with E-state index in [2.05, 4.69) is 5.10 Å². The predicted octanol–water partition coefficient (Wildman–Crippen LogP) is 0.322. The van der Waals surface area contributed by atoms with Crippen LogP contribution in [0.15, 0.2) is 12.4 Å². The van der Waals surface area contributed by atoms with Crippen molar-refractivity contribution in [2.24, 2.45) is 0 Å². The first kappa shape index (κ1) is 13.8. The van der Waals surface area contributed by atoms with Crippen LogP contribution in [0.2, 0.25) is 0 Å². The van der Waals surface area contributed by atoms with Gasteiger partial charge in [0.1, 0.15) is 0 Å². The predicted molar refractivity (Wildman–Crippen MR) is 56.2 cm³/mol. The number of rotatable bonds is 6. The summed E-state index contributed by atoms with van der Waals surface area (Å²) in [6, 6.07) is 0. The Hall–Kier alpha value is -1.28. The van der Waals surface area contributed by atoms with Gasteiger partial charge in [0.2, 0.25) is 0 Å². The van der Waals surface area contributed by atoms with E-state index in [0.717, 1.165) is 4.90 Å². The second kappa shape index (κ2) is 5.87. The third-order valence-electron chi connectivity index (χ3n) is 2.12. The molecule has 0 bridgehead atoms. The lowest BCUT2D eigenvalue weighted by atomic mass is 10.4. The van der Waals surface area contributed by atoms with Gasteiger partial charge in [-0.15, -0.1) is 0 Å². The Balaban J connectivity index is 2.44. The molecule has 1 aromatic heterocycles. The fourth-order valence-corrected chi connectivity index (χ4v) is 1.41. The van der Waals surface area contributed by atoms with Crippen molar-refractivity contribution in [3.63, 3.8) is 0 Å². The highest BCUT2D eigenvalue weighted by atomic mass is 19.4. The molecule has 1 heterocycles. The zero-order chi connectivity index (χ0) is 12.9. The van der Waals surface area contributed by atoms with Crippen LogP contribution in [0.5, 0.6) is 0 Å². The third kappa shape index (κ3) is 5.55. The van der Waals surface area contributed by atoms with E-state index < -0.39 is 12.7 Å². The Morgan fingerprint density at radius 3 is 2.59 bits per heavy atom. The summed E-state index contributed by atoms with van der Waals surface area (Å²) in [5.41, 5.74) is 5.90. The Labute approximate surface area is 96.6 Å². The highest BCUT2D eigenvalue weighted by molar-refractivity contribution is 5.30. The number of aromatic nitrogens is 2. The standard InChI is InChI=1S/C9H15F3N4O/c10-9(11,12)7-15(3-4-17)1-2-16-6-8(13)5-14-16/h5-6,17H,1-4,7,13H2. The zero-order valence-electron chi connectivity index (χ0n) is 9.19. The molecule has 1 rings (SSSR count). The molecule has 0 amide bonds. The van der Waals surface area contributed by atoms with Gasteiger partial charge in [-0.05, 0) is 0 Å². The normalized spacial score (nSPS) is 12.3. The van der Waals surface area contributed by atoms with E-state index in [1.54, 1.807) is 6.20 Å². The highest BCUT2D eigenvalue weighted by Crippen LogP contribution is 2.16. The van der Waals surface area contributed by atoms with Crippen LogP contribution in [-0.2, 0) is 6.54 Å². The van der Waals surface area contributed by atoms with Gasteiger partial charge in [0.15, 0.2) is 0 Å². The molecule has 0 aromatic carbocycles. The van der Waals surface area contributed by atoms with E-state index in [0.29, 0.717) is 12.2 Å². The van der Waals surface area contributed by atoms with E-state index >= 15 is 0 Å². The van der Waals surface area contributed by atoms with Crippen molar-refractivity contribution in [1.29, 1.82) is 0 Å². The van der Waals surface area contributed by atoms with E-state index in [-0.39, 0.29) is 19.7 Å². The van der Waals surface area contributed by atoms with E-state index in [1.165, 1.54) is 10.9 Å². The third-order valence-corrected chi connectivity index (χ3v) is 2.12. The van der Waals surface area contributed by atoms with Crippen LogP contribution in [0.25, 0.3) is 0 Å². The maximum Gasteiger partial charge on any atom is 0.401 e. The first-order valence-corrected chi connectivity index (χ1v) is 5.08. The van der Waals surface area contributed by atoms with Crippen molar-refractivity contribution in [2.45, 2.75) is 12.7 Å². The molecule has 0 saturated carbocycles. The van der Waals surface area contributed by atoms with Crippen molar-refractivity contribution >= 4 is 5.69 Å². The van der Waals surface area contributed by atoms with E-state index in [4.69, 9.17) is 10.8 Å². The summed E-state index contributed by atoms with van der Waals surface area (Å²) >= 11 is 0. The number of alkyl halides is 3. The largest absolute Gasteiger partial charge is 0.401 e. The highest BCUT2D eigenvalue weighted by Gasteiger charge is 2.30. The summed E-state index contributed by atoms with van der Waals surface area (Å²) in [6.07, 6.45) is -1.29. The zero-order valence-corrected chi connectivity index (χ0v) is 9.19. The molecule has 17 heavy (non-hydrogen) atoms. The second-order valence-electron chi connectivity index (χ2n) is 3.65. The maximum atomic E-state index is 12.2. The molecule has 0 atom stereocenters. The molecule has 0 aliphatic rings. The van der Waals surface area contributed by atoms with Gasteiger partial charge in [-0.1, -0.05) is 0 Å². The molecule has 0 aliphatic carbocycles. The summed E-state index contributed by atoms with van der Waals surface area (Å²) < 4.78 is 38.0. The molecule has 0 saturated heterocycles.